The van der Waals surface area contributed by atoms with Gasteiger partial charge in [-0.05, 0) is 95.3 Å². The van der Waals surface area contributed by atoms with E-state index in [1.54, 1.807) is 0 Å². The Morgan fingerprint density at radius 2 is 1.05 bits per heavy atom. The molecule has 58 heavy (non-hydrogen) atoms. The maximum atomic E-state index is 6.75. The van der Waals surface area contributed by atoms with Crippen molar-refractivity contribution in [3.05, 3.63) is 217 Å². The third-order valence-corrected chi connectivity index (χ3v) is 11.3. The molecular formula is C54H37N3O. The van der Waals surface area contributed by atoms with Crippen molar-refractivity contribution in [2.24, 2.45) is 9.98 Å². The van der Waals surface area contributed by atoms with Crippen molar-refractivity contribution in [2.45, 2.75) is 12.8 Å². The second kappa shape index (κ2) is 14.2. The molecule has 2 aromatic heterocycles. The Balaban J connectivity index is 1.11. The Morgan fingerprint density at radius 3 is 1.81 bits per heavy atom. The van der Waals surface area contributed by atoms with E-state index < -0.39 is 0 Å². The first-order valence-corrected chi connectivity index (χ1v) is 19.9. The maximum Gasteiger partial charge on any atom is 0.160 e. The van der Waals surface area contributed by atoms with Gasteiger partial charge in [-0.15, -0.1) is 0 Å². The van der Waals surface area contributed by atoms with Gasteiger partial charge in [0.2, 0.25) is 0 Å². The molecular weight excluding hydrogens is 707 g/mol. The average Bonchev–Trinajstić information content (AvgIpc) is 3.82. The van der Waals surface area contributed by atoms with Crippen LogP contribution in [0.25, 0.3) is 77.4 Å². The van der Waals surface area contributed by atoms with Gasteiger partial charge in [0, 0.05) is 38.4 Å². The number of rotatable bonds is 6. The molecule has 4 heteroatoms. The predicted molar refractivity (Wildman–Crippen MR) is 242 cm³/mol. The van der Waals surface area contributed by atoms with Crippen molar-refractivity contribution < 1.29 is 4.42 Å². The fourth-order valence-corrected chi connectivity index (χ4v) is 8.53. The number of furan rings is 1. The van der Waals surface area contributed by atoms with Crippen LogP contribution in [0.4, 0.5) is 0 Å². The Bertz CT molecular complexity index is 3240. The van der Waals surface area contributed by atoms with Crippen LogP contribution < -0.4 is 0 Å². The van der Waals surface area contributed by atoms with Gasteiger partial charge in [-0.3, -0.25) is 0 Å². The molecule has 0 aliphatic carbocycles. The number of nitrogens with zero attached hydrogens (tertiary/aromatic N) is 3. The van der Waals surface area contributed by atoms with Crippen molar-refractivity contribution in [3.63, 3.8) is 0 Å². The number of amidine groups is 1. The van der Waals surface area contributed by atoms with Crippen LogP contribution >= 0.6 is 0 Å². The topological polar surface area (TPSA) is 42.8 Å². The molecule has 10 aromatic rings. The number of fused-ring (bicyclic) bond motifs is 6. The number of hydrogen-bond donors (Lipinski definition) is 0. The second-order valence-electron chi connectivity index (χ2n) is 14.9. The van der Waals surface area contributed by atoms with Crippen LogP contribution in [0.3, 0.4) is 0 Å². The minimum absolute atomic E-state index is 0.695. The molecule has 0 N–H and O–H groups in total. The largest absolute Gasteiger partial charge is 0.456 e. The summed E-state index contributed by atoms with van der Waals surface area (Å²) in [5.74, 6) is 0.695. The lowest BCUT2D eigenvalue weighted by atomic mass is 9.94. The Labute approximate surface area is 336 Å². The van der Waals surface area contributed by atoms with E-state index in [1.165, 1.54) is 21.8 Å². The Morgan fingerprint density at radius 1 is 0.431 bits per heavy atom. The van der Waals surface area contributed by atoms with Gasteiger partial charge in [-0.2, -0.15) is 0 Å². The molecule has 0 amide bonds. The van der Waals surface area contributed by atoms with Crippen molar-refractivity contribution in [1.82, 2.24) is 4.57 Å². The first-order chi connectivity index (χ1) is 28.7. The number of para-hydroxylation sites is 2. The molecule has 3 heterocycles. The van der Waals surface area contributed by atoms with Crippen molar-refractivity contribution in [2.75, 3.05) is 0 Å². The van der Waals surface area contributed by atoms with Crippen molar-refractivity contribution in [3.8, 4) is 27.9 Å². The van der Waals surface area contributed by atoms with Gasteiger partial charge in [-0.25, -0.2) is 9.98 Å². The standard InChI is InChI=1S/C54H37N3O/c1-5-16-36(17-6-1)41-34-45(48-26-15-25-47(37-18-7-2-8-19-37)55-54(56-48)38-20-9-3-10-21-38)53-46-33-40(29-31-51(46)58-52(53)35-41)39-28-30-50-44(32-39)43-24-13-14-27-49(43)57(50)42-22-11-4-12-23-42/h1-14,16-24,26-35H,15,25H2/b48-26-,55-47+,56-54-. The van der Waals surface area contributed by atoms with Gasteiger partial charge in [0.05, 0.1) is 22.4 Å². The van der Waals surface area contributed by atoms with E-state index >= 15 is 0 Å². The van der Waals surface area contributed by atoms with E-state index in [-0.39, 0.29) is 0 Å². The van der Waals surface area contributed by atoms with Gasteiger partial charge >= 0.3 is 0 Å². The number of allylic oxidation sites excluding steroid dienone is 1. The van der Waals surface area contributed by atoms with E-state index in [1.807, 2.05) is 24.3 Å². The summed E-state index contributed by atoms with van der Waals surface area (Å²) in [6, 6.07) is 68.5. The zero-order valence-corrected chi connectivity index (χ0v) is 31.7. The van der Waals surface area contributed by atoms with Crippen LogP contribution in [0.1, 0.15) is 29.5 Å². The number of aromatic nitrogens is 1. The van der Waals surface area contributed by atoms with Crippen LogP contribution in [0.2, 0.25) is 0 Å². The molecule has 1 aliphatic heterocycles. The summed E-state index contributed by atoms with van der Waals surface area (Å²) in [6.07, 6.45) is 3.87. The summed E-state index contributed by atoms with van der Waals surface area (Å²) in [5.41, 5.74) is 14.7. The van der Waals surface area contributed by atoms with Crippen LogP contribution in [0, 0.1) is 0 Å². The number of aliphatic imine (C=N–C) groups is 2. The predicted octanol–water partition coefficient (Wildman–Crippen LogP) is 14.1. The number of benzene rings is 8. The average molecular weight is 744 g/mol. The van der Waals surface area contributed by atoms with Gasteiger partial charge in [-0.1, -0.05) is 146 Å². The van der Waals surface area contributed by atoms with Crippen LogP contribution in [-0.2, 0) is 0 Å². The quantitative estimate of drug-likeness (QED) is 0.167. The van der Waals surface area contributed by atoms with E-state index in [4.69, 9.17) is 14.4 Å². The van der Waals surface area contributed by atoms with Crippen LogP contribution in [-0.4, -0.2) is 16.1 Å². The zero-order valence-electron chi connectivity index (χ0n) is 31.7. The summed E-state index contributed by atoms with van der Waals surface area (Å²) in [6.45, 7) is 0. The highest BCUT2D eigenvalue weighted by molar-refractivity contribution is 6.17. The molecule has 0 spiro atoms. The highest BCUT2D eigenvalue weighted by Crippen LogP contribution is 2.42. The van der Waals surface area contributed by atoms with Gasteiger partial charge in [0.1, 0.15) is 11.2 Å². The minimum atomic E-state index is 0.695. The normalized spacial score (nSPS) is 16.0. The molecule has 8 aromatic carbocycles. The van der Waals surface area contributed by atoms with Gasteiger partial charge < -0.3 is 8.98 Å². The third-order valence-electron chi connectivity index (χ3n) is 11.3. The van der Waals surface area contributed by atoms with Crippen LogP contribution in [0.5, 0.6) is 0 Å². The Hall–Kier alpha value is -7.56. The number of hydrogen-bond acceptors (Lipinski definition) is 3. The fourth-order valence-electron chi connectivity index (χ4n) is 8.53. The SMILES string of the molecule is C1=C(c2cc(-c3ccccc3)cc3oc4ccc(-c5ccc6c(c5)c5ccccc5n6-c5ccccc5)cc4c23)/N=C(c2ccccc2)\N=C(\c2ccccc2)CC\1. The van der Waals surface area contributed by atoms with E-state index in [0.29, 0.717) is 5.84 Å². The molecule has 4 nitrogen and oxygen atoms in total. The summed E-state index contributed by atoms with van der Waals surface area (Å²) < 4.78 is 9.11. The first-order valence-electron chi connectivity index (χ1n) is 19.9. The third kappa shape index (κ3) is 5.94. The van der Waals surface area contributed by atoms with Gasteiger partial charge in [0.25, 0.3) is 0 Å². The van der Waals surface area contributed by atoms with Crippen molar-refractivity contribution >= 4 is 61.0 Å². The smallest absolute Gasteiger partial charge is 0.160 e. The molecule has 0 saturated carbocycles. The lowest BCUT2D eigenvalue weighted by molar-refractivity contribution is 0.669. The lowest BCUT2D eigenvalue weighted by Crippen LogP contribution is -2.09. The minimum Gasteiger partial charge on any atom is -0.456 e. The molecule has 274 valence electrons. The van der Waals surface area contributed by atoms with Gasteiger partial charge in [0.15, 0.2) is 5.84 Å². The molecule has 0 radical (unpaired) electrons. The highest BCUT2D eigenvalue weighted by atomic mass is 16.3. The van der Waals surface area contributed by atoms with Crippen LogP contribution in [0.15, 0.2) is 215 Å². The van der Waals surface area contributed by atoms with E-state index in [9.17, 15) is 0 Å². The maximum absolute atomic E-state index is 6.75. The second-order valence-corrected chi connectivity index (χ2v) is 14.9. The highest BCUT2D eigenvalue weighted by Gasteiger charge is 2.21. The van der Waals surface area contributed by atoms with E-state index in [2.05, 4.69) is 181 Å². The summed E-state index contributed by atoms with van der Waals surface area (Å²) in [5, 5.41) is 4.56. The fraction of sp³-hybridized carbons (Fsp3) is 0.0370. The Kier molecular flexibility index (Phi) is 8.25. The molecule has 11 rings (SSSR count). The molecule has 0 fully saturated rings. The lowest BCUT2D eigenvalue weighted by Gasteiger charge is -2.15. The molecule has 0 saturated heterocycles. The van der Waals surface area contributed by atoms with E-state index in [0.717, 1.165) is 90.8 Å². The van der Waals surface area contributed by atoms with Crippen molar-refractivity contribution in [1.29, 1.82) is 0 Å². The summed E-state index contributed by atoms with van der Waals surface area (Å²) in [7, 11) is 0. The molecule has 0 unspecified atom stereocenters. The summed E-state index contributed by atoms with van der Waals surface area (Å²) in [4.78, 5) is 10.7. The zero-order chi connectivity index (χ0) is 38.4. The first kappa shape index (κ1) is 33.8. The molecule has 0 bridgehead atoms. The molecule has 0 atom stereocenters. The monoisotopic (exact) mass is 743 g/mol. The summed E-state index contributed by atoms with van der Waals surface area (Å²) >= 11 is 0. The molecule has 1 aliphatic rings.